The molecule has 1 heterocycles. The quantitative estimate of drug-likeness (QED) is 0.730. The Kier molecular flexibility index (Phi) is 3.54. The van der Waals surface area contributed by atoms with Crippen molar-refractivity contribution in [1.29, 1.82) is 0 Å². The first-order valence-corrected chi connectivity index (χ1v) is 5.18. The number of hydrogen-bond donors (Lipinski definition) is 0. The molecule has 1 aromatic rings. The van der Waals surface area contributed by atoms with Gasteiger partial charge in [0.25, 0.3) is 0 Å². The van der Waals surface area contributed by atoms with Gasteiger partial charge in [0.1, 0.15) is 0 Å². The maximum atomic E-state index is 11.1. The van der Waals surface area contributed by atoms with Crippen molar-refractivity contribution < 1.29 is 19.0 Å². The maximum absolute atomic E-state index is 11.1. The Morgan fingerprint density at radius 1 is 1.44 bits per heavy atom. The maximum Gasteiger partial charge on any atom is 0.308 e. The van der Waals surface area contributed by atoms with Crippen molar-refractivity contribution in [3.8, 4) is 0 Å². The molecule has 4 nitrogen and oxygen atoms in total. The Morgan fingerprint density at radius 2 is 2.19 bits per heavy atom. The number of carbonyl (C=O) groups is 1. The fourth-order valence-electron chi connectivity index (χ4n) is 1.61. The molecule has 0 amide bonds. The molecule has 0 bridgehead atoms. The SMILES string of the molecule is COC(=O)C[C@H]1CO[C@@H](c2ccccc2)O1. The molecule has 16 heavy (non-hydrogen) atoms. The van der Waals surface area contributed by atoms with Gasteiger partial charge in [0.2, 0.25) is 0 Å². The number of rotatable bonds is 3. The zero-order chi connectivity index (χ0) is 11.4. The molecule has 2 atom stereocenters. The first-order valence-electron chi connectivity index (χ1n) is 5.18. The first-order chi connectivity index (χ1) is 7.79. The fourth-order valence-corrected chi connectivity index (χ4v) is 1.61. The summed E-state index contributed by atoms with van der Waals surface area (Å²) in [5.74, 6) is -0.276. The minimum Gasteiger partial charge on any atom is -0.469 e. The first kappa shape index (κ1) is 11.1. The van der Waals surface area contributed by atoms with E-state index in [1.165, 1.54) is 7.11 Å². The Morgan fingerprint density at radius 3 is 2.88 bits per heavy atom. The summed E-state index contributed by atoms with van der Waals surface area (Å²) in [7, 11) is 1.37. The Balaban J connectivity index is 1.91. The number of methoxy groups -OCH3 is 1. The average molecular weight is 222 g/mol. The van der Waals surface area contributed by atoms with Crippen LogP contribution in [-0.2, 0) is 19.0 Å². The van der Waals surface area contributed by atoms with Crippen LogP contribution in [0.25, 0.3) is 0 Å². The van der Waals surface area contributed by atoms with E-state index in [-0.39, 0.29) is 24.8 Å². The molecule has 0 aliphatic carbocycles. The van der Waals surface area contributed by atoms with Crippen LogP contribution in [0.2, 0.25) is 0 Å². The van der Waals surface area contributed by atoms with Crippen LogP contribution >= 0.6 is 0 Å². The molecule has 0 saturated carbocycles. The summed E-state index contributed by atoms with van der Waals surface area (Å²) in [4.78, 5) is 11.1. The predicted molar refractivity (Wildman–Crippen MR) is 56.6 cm³/mol. The number of esters is 1. The second-order valence-electron chi connectivity index (χ2n) is 3.61. The van der Waals surface area contributed by atoms with E-state index in [1.807, 2.05) is 30.3 Å². The molecule has 0 radical (unpaired) electrons. The molecule has 1 aliphatic heterocycles. The summed E-state index contributed by atoms with van der Waals surface area (Å²) >= 11 is 0. The van der Waals surface area contributed by atoms with E-state index in [1.54, 1.807) is 0 Å². The zero-order valence-corrected chi connectivity index (χ0v) is 9.09. The normalized spacial score (nSPS) is 24.3. The van der Waals surface area contributed by atoms with E-state index in [0.717, 1.165) is 5.56 Å². The molecule has 1 aliphatic rings. The summed E-state index contributed by atoms with van der Waals surface area (Å²) in [5.41, 5.74) is 0.967. The summed E-state index contributed by atoms with van der Waals surface area (Å²) < 4.78 is 15.6. The van der Waals surface area contributed by atoms with Gasteiger partial charge in [-0.25, -0.2) is 0 Å². The minimum atomic E-state index is -0.365. The highest BCUT2D eigenvalue weighted by molar-refractivity contribution is 5.69. The number of ether oxygens (including phenoxy) is 3. The Hall–Kier alpha value is -1.39. The van der Waals surface area contributed by atoms with Gasteiger partial charge in [-0.05, 0) is 0 Å². The van der Waals surface area contributed by atoms with Gasteiger partial charge in [0.15, 0.2) is 6.29 Å². The van der Waals surface area contributed by atoms with Gasteiger partial charge in [-0.3, -0.25) is 4.79 Å². The van der Waals surface area contributed by atoms with Crippen molar-refractivity contribution in [2.24, 2.45) is 0 Å². The highest BCUT2D eigenvalue weighted by atomic mass is 16.7. The van der Waals surface area contributed by atoms with Crippen molar-refractivity contribution in [3.63, 3.8) is 0 Å². The van der Waals surface area contributed by atoms with Gasteiger partial charge in [0, 0.05) is 5.56 Å². The lowest BCUT2D eigenvalue weighted by molar-refractivity contribution is -0.143. The van der Waals surface area contributed by atoms with Gasteiger partial charge in [-0.1, -0.05) is 30.3 Å². The molecule has 0 spiro atoms. The molecule has 86 valence electrons. The van der Waals surface area contributed by atoms with Crippen molar-refractivity contribution >= 4 is 5.97 Å². The van der Waals surface area contributed by atoms with Crippen molar-refractivity contribution in [2.45, 2.75) is 18.8 Å². The molecular formula is C12H14O4. The molecule has 4 heteroatoms. The minimum absolute atomic E-state index is 0.211. The van der Waals surface area contributed by atoms with Crippen LogP contribution in [0.1, 0.15) is 18.3 Å². The highest BCUT2D eigenvalue weighted by Gasteiger charge is 2.28. The van der Waals surface area contributed by atoms with Crippen molar-refractivity contribution in [1.82, 2.24) is 0 Å². The topological polar surface area (TPSA) is 44.8 Å². The van der Waals surface area contributed by atoms with Crippen LogP contribution in [0.4, 0.5) is 0 Å². The smallest absolute Gasteiger partial charge is 0.308 e. The van der Waals surface area contributed by atoms with Gasteiger partial charge in [0.05, 0.1) is 26.2 Å². The second kappa shape index (κ2) is 5.09. The summed E-state index contributed by atoms with van der Waals surface area (Å²) in [6, 6.07) is 9.66. The standard InChI is InChI=1S/C12H14O4/c1-14-11(13)7-10-8-15-12(16-10)9-5-3-2-4-6-9/h2-6,10,12H,7-8H2,1H3/t10-,12+/m0/s1. The van der Waals surface area contributed by atoms with Gasteiger partial charge in [-0.15, -0.1) is 0 Å². The van der Waals surface area contributed by atoms with E-state index >= 15 is 0 Å². The highest BCUT2D eigenvalue weighted by Crippen LogP contribution is 2.27. The summed E-state index contributed by atoms with van der Waals surface area (Å²) in [6.07, 6.45) is -0.340. The summed E-state index contributed by atoms with van der Waals surface area (Å²) in [5, 5.41) is 0. The molecule has 1 aromatic carbocycles. The molecule has 0 unspecified atom stereocenters. The molecule has 1 fully saturated rings. The van der Waals surface area contributed by atoms with E-state index in [2.05, 4.69) is 4.74 Å². The van der Waals surface area contributed by atoms with E-state index in [4.69, 9.17) is 9.47 Å². The number of benzene rings is 1. The van der Waals surface area contributed by atoms with Crippen LogP contribution in [-0.4, -0.2) is 25.8 Å². The molecule has 2 rings (SSSR count). The number of carbonyl (C=O) groups excluding carboxylic acids is 1. The lowest BCUT2D eigenvalue weighted by atomic mass is 10.2. The lowest BCUT2D eigenvalue weighted by Gasteiger charge is -2.10. The van der Waals surface area contributed by atoms with Gasteiger partial charge < -0.3 is 14.2 Å². The van der Waals surface area contributed by atoms with E-state index < -0.39 is 0 Å². The van der Waals surface area contributed by atoms with Crippen LogP contribution in [0.3, 0.4) is 0 Å². The zero-order valence-electron chi connectivity index (χ0n) is 9.09. The van der Waals surface area contributed by atoms with E-state index in [0.29, 0.717) is 6.61 Å². The van der Waals surface area contributed by atoms with Crippen molar-refractivity contribution in [3.05, 3.63) is 35.9 Å². The van der Waals surface area contributed by atoms with Gasteiger partial charge in [-0.2, -0.15) is 0 Å². The molecule has 1 saturated heterocycles. The lowest BCUT2D eigenvalue weighted by Crippen LogP contribution is -2.16. The molecular weight excluding hydrogens is 208 g/mol. The molecule has 0 aromatic heterocycles. The van der Waals surface area contributed by atoms with Crippen LogP contribution in [0, 0.1) is 0 Å². The third-order valence-electron chi connectivity index (χ3n) is 2.44. The van der Waals surface area contributed by atoms with Crippen LogP contribution in [0.5, 0.6) is 0 Å². The van der Waals surface area contributed by atoms with Crippen LogP contribution in [0.15, 0.2) is 30.3 Å². The van der Waals surface area contributed by atoms with Crippen LogP contribution < -0.4 is 0 Å². The predicted octanol–water partition coefficient (Wildman–Crippen LogP) is 1.66. The Labute approximate surface area is 94.1 Å². The summed E-state index contributed by atoms with van der Waals surface area (Å²) in [6.45, 7) is 0.425. The van der Waals surface area contributed by atoms with Gasteiger partial charge >= 0.3 is 5.97 Å². The largest absolute Gasteiger partial charge is 0.469 e. The van der Waals surface area contributed by atoms with Crippen molar-refractivity contribution in [2.75, 3.05) is 13.7 Å². The second-order valence-corrected chi connectivity index (χ2v) is 3.61. The monoisotopic (exact) mass is 222 g/mol. The Bertz CT molecular complexity index is 349. The molecule has 0 N–H and O–H groups in total. The third-order valence-corrected chi connectivity index (χ3v) is 2.44. The average Bonchev–Trinajstić information content (AvgIpc) is 2.78. The number of hydrogen-bond acceptors (Lipinski definition) is 4. The fraction of sp³-hybridized carbons (Fsp3) is 0.417. The third kappa shape index (κ3) is 2.59. The van der Waals surface area contributed by atoms with E-state index in [9.17, 15) is 4.79 Å².